The van der Waals surface area contributed by atoms with Gasteiger partial charge in [-0.15, -0.1) is 0 Å². The lowest BCUT2D eigenvalue weighted by molar-refractivity contribution is -0.385. The summed E-state index contributed by atoms with van der Waals surface area (Å²) in [5.74, 6) is 0.284. The molecule has 6 heteroatoms. The van der Waals surface area contributed by atoms with Crippen LogP contribution >= 0.6 is 0 Å². The monoisotopic (exact) mass is 375 g/mol. The zero-order valence-corrected chi connectivity index (χ0v) is 15.1. The first-order valence-corrected chi connectivity index (χ1v) is 8.76. The number of ketones is 1. The second-order valence-corrected chi connectivity index (χ2v) is 6.51. The van der Waals surface area contributed by atoms with Gasteiger partial charge in [-0.05, 0) is 17.7 Å². The molecule has 2 unspecified atom stereocenters. The summed E-state index contributed by atoms with van der Waals surface area (Å²) in [5.41, 5.74) is 1.79. The zero-order chi connectivity index (χ0) is 19.7. The number of hydrogen-bond donors (Lipinski definition) is 0. The first-order valence-electron chi connectivity index (χ1n) is 8.76. The first kappa shape index (κ1) is 17.7. The lowest BCUT2D eigenvalue weighted by Crippen LogP contribution is -2.30. The van der Waals surface area contributed by atoms with Gasteiger partial charge in [0.05, 0.1) is 23.5 Å². The van der Waals surface area contributed by atoms with Gasteiger partial charge < -0.3 is 9.47 Å². The minimum Gasteiger partial charge on any atom is -0.497 e. The molecule has 6 nitrogen and oxygen atoms in total. The van der Waals surface area contributed by atoms with Gasteiger partial charge in [-0.2, -0.15) is 0 Å². The van der Waals surface area contributed by atoms with Gasteiger partial charge in [-0.1, -0.05) is 42.5 Å². The minimum atomic E-state index is -0.686. The fourth-order valence-electron chi connectivity index (χ4n) is 3.50. The number of carbonyl (C=O) groups excluding carboxylic acids is 1. The van der Waals surface area contributed by atoms with Gasteiger partial charge in [0, 0.05) is 23.8 Å². The van der Waals surface area contributed by atoms with Gasteiger partial charge in [0.25, 0.3) is 5.69 Å². The Hall–Kier alpha value is -3.67. The van der Waals surface area contributed by atoms with Crippen molar-refractivity contribution in [2.45, 2.75) is 12.0 Å². The first-order chi connectivity index (χ1) is 13.6. The third-order valence-corrected chi connectivity index (χ3v) is 4.86. The van der Waals surface area contributed by atoms with Gasteiger partial charge in [0.1, 0.15) is 17.6 Å². The fraction of sp³-hybridized carbons (Fsp3) is 0.136. The molecular weight excluding hydrogens is 358 g/mol. The third kappa shape index (κ3) is 3.09. The molecule has 0 radical (unpaired) electrons. The van der Waals surface area contributed by atoms with Crippen LogP contribution in [-0.4, -0.2) is 17.8 Å². The number of hydrogen-bond acceptors (Lipinski definition) is 5. The van der Waals surface area contributed by atoms with E-state index < -0.39 is 16.9 Å². The van der Waals surface area contributed by atoms with Gasteiger partial charge in [0.2, 0.25) is 0 Å². The maximum atomic E-state index is 13.4. The van der Waals surface area contributed by atoms with E-state index in [9.17, 15) is 14.9 Å². The Labute approximate surface area is 161 Å². The number of non-ortho nitro benzene ring substituents is 1. The molecule has 3 aromatic carbocycles. The molecule has 3 aromatic rings. The van der Waals surface area contributed by atoms with E-state index in [2.05, 4.69) is 0 Å². The number of ether oxygens (including phenoxy) is 2. The van der Waals surface area contributed by atoms with Crippen LogP contribution in [0.2, 0.25) is 0 Å². The number of nitro benzene ring substituents is 1. The van der Waals surface area contributed by atoms with Crippen molar-refractivity contribution >= 4 is 11.5 Å². The molecule has 0 saturated heterocycles. The van der Waals surface area contributed by atoms with E-state index in [1.807, 2.05) is 30.3 Å². The highest BCUT2D eigenvalue weighted by Crippen LogP contribution is 2.45. The maximum Gasteiger partial charge on any atom is 0.269 e. The van der Waals surface area contributed by atoms with Crippen molar-refractivity contribution in [3.05, 3.63) is 99.6 Å². The SMILES string of the molecule is COc1ccc2c(c1)OC(c1cccc([N+](=O)[O-])c1)C(c1ccccc1)C2=O. The van der Waals surface area contributed by atoms with Crippen LogP contribution in [0.25, 0.3) is 0 Å². The zero-order valence-electron chi connectivity index (χ0n) is 15.1. The van der Waals surface area contributed by atoms with E-state index in [-0.39, 0.29) is 11.5 Å². The minimum absolute atomic E-state index is 0.0446. The Balaban J connectivity index is 1.87. The van der Waals surface area contributed by atoms with E-state index >= 15 is 0 Å². The third-order valence-electron chi connectivity index (χ3n) is 4.86. The normalized spacial score (nSPS) is 18.1. The van der Waals surface area contributed by atoms with Crippen molar-refractivity contribution in [2.75, 3.05) is 7.11 Å². The van der Waals surface area contributed by atoms with Crippen molar-refractivity contribution in [1.82, 2.24) is 0 Å². The number of benzene rings is 3. The molecule has 4 rings (SSSR count). The highest BCUT2D eigenvalue weighted by atomic mass is 16.6. The van der Waals surface area contributed by atoms with Crippen LogP contribution < -0.4 is 9.47 Å². The summed E-state index contributed by atoms with van der Waals surface area (Å²) >= 11 is 0. The molecule has 0 bridgehead atoms. The van der Waals surface area contributed by atoms with Crippen LogP contribution in [0.4, 0.5) is 5.69 Å². The summed E-state index contributed by atoms with van der Waals surface area (Å²) in [6.45, 7) is 0. The predicted molar refractivity (Wildman–Crippen MR) is 103 cm³/mol. The summed E-state index contributed by atoms with van der Waals surface area (Å²) in [7, 11) is 1.54. The van der Waals surface area contributed by atoms with Crippen molar-refractivity contribution in [2.24, 2.45) is 0 Å². The summed E-state index contributed by atoms with van der Waals surface area (Å²) < 4.78 is 11.4. The Morgan fingerprint density at radius 3 is 2.43 bits per heavy atom. The Morgan fingerprint density at radius 1 is 0.964 bits per heavy atom. The average molecular weight is 375 g/mol. The molecule has 0 aromatic heterocycles. The Bertz CT molecular complexity index is 1050. The molecule has 0 saturated carbocycles. The highest BCUT2D eigenvalue weighted by molar-refractivity contribution is 6.04. The molecule has 140 valence electrons. The predicted octanol–water partition coefficient (Wildman–Crippen LogP) is 4.70. The molecule has 0 spiro atoms. The maximum absolute atomic E-state index is 13.4. The van der Waals surface area contributed by atoms with Gasteiger partial charge in [-0.25, -0.2) is 0 Å². The summed E-state index contributed by atoms with van der Waals surface area (Å²) in [4.78, 5) is 24.1. The molecule has 28 heavy (non-hydrogen) atoms. The largest absolute Gasteiger partial charge is 0.497 e. The number of rotatable bonds is 4. The summed E-state index contributed by atoms with van der Waals surface area (Å²) in [6, 6.07) is 20.6. The lowest BCUT2D eigenvalue weighted by atomic mass is 9.81. The highest BCUT2D eigenvalue weighted by Gasteiger charge is 2.39. The van der Waals surface area contributed by atoms with Crippen LogP contribution in [0.5, 0.6) is 11.5 Å². The molecule has 0 fully saturated rings. The fourth-order valence-corrected chi connectivity index (χ4v) is 3.50. The topological polar surface area (TPSA) is 78.7 Å². The second kappa shape index (κ2) is 7.15. The molecule has 1 heterocycles. The van der Waals surface area contributed by atoms with E-state index in [1.54, 1.807) is 30.3 Å². The number of Topliss-reactive ketones (excluding diaryl/α,β-unsaturated/α-hetero) is 1. The average Bonchev–Trinajstić information content (AvgIpc) is 2.74. The van der Waals surface area contributed by atoms with Crippen molar-refractivity contribution in [3.63, 3.8) is 0 Å². The van der Waals surface area contributed by atoms with Crippen molar-refractivity contribution in [3.8, 4) is 11.5 Å². The molecular formula is C22H17NO5. The van der Waals surface area contributed by atoms with Crippen LogP contribution in [0, 0.1) is 10.1 Å². The smallest absolute Gasteiger partial charge is 0.269 e. The van der Waals surface area contributed by atoms with Gasteiger partial charge in [0.15, 0.2) is 5.78 Å². The Morgan fingerprint density at radius 2 is 1.71 bits per heavy atom. The molecule has 1 aliphatic rings. The Kier molecular flexibility index (Phi) is 4.53. The van der Waals surface area contributed by atoms with Crippen molar-refractivity contribution in [1.29, 1.82) is 0 Å². The number of methoxy groups -OCH3 is 1. The van der Waals surface area contributed by atoms with Gasteiger partial charge in [-0.3, -0.25) is 14.9 Å². The lowest BCUT2D eigenvalue weighted by Gasteiger charge is -2.33. The quantitative estimate of drug-likeness (QED) is 0.488. The summed E-state index contributed by atoms with van der Waals surface area (Å²) in [6.07, 6.45) is -0.686. The standard InChI is InChI=1S/C22H17NO5/c1-27-17-10-11-18-19(13-17)28-22(15-8-5-9-16(12-15)23(25)26)20(21(18)24)14-6-3-2-4-7-14/h2-13,20,22H,1H3. The van der Waals surface area contributed by atoms with E-state index in [0.29, 0.717) is 22.6 Å². The number of nitro groups is 1. The van der Waals surface area contributed by atoms with E-state index in [4.69, 9.17) is 9.47 Å². The summed E-state index contributed by atoms with van der Waals surface area (Å²) in [5, 5.41) is 11.2. The molecule has 0 N–H and O–H groups in total. The number of carbonyl (C=O) groups is 1. The second-order valence-electron chi connectivity index (χ2n) is 6.51. The molecule has 0 amide bonds. The van der Waals surface area contributed by atoms with Crippen LogP contribution in [0.1, 0.15) is 33.5 Å². The molecule has 1 aliphatic heterocycles. The van der Waals surface area contributed by atoms with Crippen LogP contribution in [-0.2, 0) is 0 Å². The van der Waals surface area contributed by atoms with Crippen LogP contribution in [0.3, 0.4) is 0 Å². The molecule has 0 aliphatic carbocycles. The van der Waals surface area contributed by atoms with Crippen LogP contribution in [0.15, 0.2) is 72.8 Å². The van der Waals surface area contributed by atoms with Gasteiger partial charge >= 0.3 is 0 Å². The van der Waals surface area contributed by atoms with E-state index in [1.165, 1.54) is 19.2 Å². The van der Waals surface area contributed by atoms with E-state index in [0.717, 1.165) is 5.56 Å². The van der Waals surface area contributed by atoms with Crippen molar-refractivity contribution < 1.29 is 19.2 Å². The molecule has 2 atom stereocenters. The number of nitrogens with zero attached hydrogens (tertiary/aromatic N) is 1. The number of fused-ring (bicyclic) bond motifs is 1.